The van der Waals surface area contributed by atoms with E-state index in [2.05, 4.69) is 10.3 Å². The molecule has 0 atom stereocenters. The molecule has 5 N–H and O–H groups in total. The quantitative estimate of drug-likeness (QED) is 0.481. The van der Waals surface area contributed by atoms with Crippen molar-refractivity contribution >= 4 is 28.9 Å². The molecule has 0 radical (unpaired) electrons. The molecule has 5 nitrogen and oxygen atoms in total. The van der Waals surface area contributed by atoms with Gasteiger partial charge in [0.1, 0.15) is 5.75 Å². The number of nitrogens with one attached hydrogen (secondary N) is 2. The molecule has 112 valence electrons. The van der Waals surface area contributed by atoms with E-state index >= 15 is 0 Å². The predicted molar refractivity (Wildman–Crippen MR) is 86.5 cm³/mol. The number of anilines is 2. The number of nitrogens with two attached hydrogens (primary N) is 1. The summed E-state index contributed by atoms with van der Waals surface area (Å²) in [5, 5.41) is 13.2. The lowest BCUT2D eigenvalue weighted by Gasteiger charge is -2.09. The Bertz CT molecular complexity index is 818. The molecule has 4 rings (SSSR count). The van der Waals surface area contributed by atoms with Crippen LogP contribution in [0.3, 0.4) is 0 Å². The number of aryl methyl sites for hydroxylation is 1. The molecule has 0 saturated heterocycles. The van der Waals surface area contributed by atoms with Crippen LogP contribution in [0.5, 0.6) is 5.75 Å². The number of carbonyl (C=O) groups is 1. The van der Waals surface area contributed by atoms with Gasteiger partial charge in [-0.1, -0.05) is 0 Å². The van der Waals surface area contributed by atoms with Gasteiger partial charge in [0.2, 0.25) is 0 Å². The Morgan fingerprint density at radius 3 is 2.86 bits per heavy atom. The number of rotatable bonds is 1. The van der Waals surface area contributed by atoms with Crippen LogP contribution in [-0.2, 0) is 17.6 Å². The zero-order chi connectivity index (χ0) is 15.3. The highest BCUT2D eigenvalue weighted by Crippen LogP contribution is 2.38. The minimum Gasteiger partial charge on any atom is -0.505 e. The van der Waals surface area contributed by atoms with Gasteiger partial charge in [-0.3, -0.25) is 4.79 Å². The number of carbonyl (C=O) groups excluding carboxylic acids is 1. The van der Waals surface area contributed by atoms with Gasteiger partial charge in [-0.2, -0.15) is 0 Å². The smallest absolute Gasteiger partial charge is 0.256 e. The molecule has 1 aliphatic carbocycles. The van der Waals surface area contributed by atoms with E-state index in [1.165, 1.54) is 0 Å². The molecule has 1 aromatic carbocycles. The van der Waals surface area contributed by atoms with Crippen molar-refractivity contribution in [2.24, 2.45) is 0 Å². The number of aromatic hydroxyl groups is 1. The van der Waals surface area contributed by atoms with E-state index in [9.17, 15) is 9.90 Å². The number of H-pyrrole nitrogens is 1. The second-order valence-electron chi connectivity index (χ2n) is 5.87. The van der Waals surface area contributed by atoms with Gasteiger partial charge >= 0.3 is 0 Å². The first-order chi connectivity index (χ1) is 10.6. The fraction of sp³-hybridized carbons (Fsp3) is 0.235. The van der Waals surface area contributed by atoms with Crippen LogP contribution in [0.25, 0.3) is 11.6 Å². The van der Waals surface area contributed by atoms with Gasteiger partial charge < -0.3 is 21.1 Å². The largest absolute Gasteiger partial charge is 0.505 e. The summed E-state index contributed by atoms with van der Waals surface area (Å²) in [6.07, 6.45) is 5.77. The van der Waals surface area contributed by atoms with Crippen molar-refractivity contribution in [1.29, 1.82) is 0 Å². The van der Waals surface area contributed by atoms with E-state index in [1.807, 2.05) is 0 Å². The van der Waals surface area contributed by atoms with E-state index in [-0.39, 0.29) is 11.7 Å². The number of aromatic amines is 1. The summed E-state index contributed by atoms with van der Waals surface area (Å²) in [5.41, 5.74) is 11.2. The molecule has 1 aliphatic heterocycles. The number of fused-ring (bicyclic) bond motifs is 2. The minimum absolute atomic E-state index is 0.174. The molecule has 22 heavy (non-hydrogen) atoms. The Balaban J connectivity index is 1.83. The molecule has 1 aromatic heterocycles. The average Bonchev–Trinajstić information content (AvgIpc) is 2.99. The highest BCUT2D eigenvalue weighted by atomic mass is 16.3. The molecule has 0 spiro atoms. The lowest BCUT2D eigenvalue weighted by Crippen LogP contribution is -2.03. The van der Waals surface area contributed by atoms with E-state index in [1.54, 1.807) is 24.3 Å². The van der Waals surface area contributed by atoms with Gasteiger partial charge in [0.25, 0.3) is 5.91 Å². The Hall–Kier alpha value is -2.69. The maximum Gasteiger partial charge on any atom is 0.256 e. The fourth-order valence-corrected chi connectivity index (χ4v) is 3.29. The van der Waals surface area contributed by atoms with Crippen LogP contribution >= 0.6 is 0 Å². The van der Waals surface area contributed by atoms with Crippen LogP contribution < -0.4 is 11.1 Å². The highest BCUT2D eigenvalue weighted by molar-refractivity contribution is 6.35. The Morgan fingerprint density at radius 2 is 2.05 bits per heavy atom. The average molecular weight is 295 g/mol. The summed E-state index contributed by atoms with van der Waals surface area (Å²) < 4.78 is 0. The standard InChI is InChI=1S/C17H17N3O2/c18-9-5-6-14-11(7-9)12(17(22)20-14)8-15-16(21)10-3-1-2-4-13(10)19-15/h5-8,19,21H,1-4,18H2,(H,20,22). The summed E-state index contributed by atoms with van der Waals surface area (Å²) in [5.74, 6) is 0.0972. The summed E-state index contributed by atoms with van der Waals surface area (Å²) in [7, 11) is 0. The van der Waals surface area contributed by atoms with Gasteiger partial charge in [-0.15, -0.1) is 0 Å². The van der Waals surface area contributed by atoms with Crippen LogP contribution in [0, 0.1) is 0 Å². The highest BCUT2D eigenvalue weighted by Gasteiger charge is 2.26. The monoisotopic (exact) mass is 295 g/mol. The molecular formula is C17H17N3O2. The maximum absolute atomic E-state index is 12.2. The number of hydrogen-bond acceptors (Lipinski definition) is 3. The lowest BCUT2D eigenvalue weighted by atomic mass is 9.97. The summed E-state index contributed by atoms with van der Waals surface area (Å²) in [6.45, 7) is 0. The van der Waals surface area contributed by atoms with Crippen molar-refractivity contribution in [1.82, 2.24) is 4.98 Å². The van der Waals surface area contributed by atoms with Gasteiger partial charge in [-0.25, -0.2) is 0 Å². The van der Waals surface area contributed by atoms with Crippen molar-refractivity contribution in [3.63, 3.8) is 0 Å². The minimum atomic E-state index is -0.174. The van der Waals surface area contributed by atoms with Crippen LogP contribution in [0.4, 0.5) is 11.4 Å². The van der Waals surface area contributed by atoms with Crippen molar-refractivity contribution in [2.45, 2.75) is 25.7 Å². The first kappa shape index (κ1) is 13.0. The van der Waals surface area contributed by atoms with E-state index in [0.717, 1.165) is 48.2 Å². The zero-order valence-corrected chi connectivity index (χ0v) is 12.1. The van der Waals surface area contributed by atoms with E-state index in [4.69, 9.17) is 5.73 Å². The van der Waals surface area contributed by atoms with Crippen LogP contribution in [0.15, 0.2) is 18.2 Å². The molecule has 2 heterocycles. The Labute approximate surface area is 127 Å². The van der Waals surface area contributed by atoms with Gasteiger partial charge in [-0.05, 0) is 50.0 Å². The molecule has 0 bridgehead atoms. The lowest BCUT2D eigenvalue weighted by molar-refractivity contribution is -0.110. The van der Waals surface area contributed by atoms with Gasteiger partial charge in [0, 0.05) is 28.2 Å². The maximum atomic E-state index is 12.2. The third-order valence-corrected chi connectivity index (χ3v) is 4.41. The molecular weight excluding hydrogens is 278 g/mol. The van der Waals surface area contributed by atoms with Crippen molar-refractivity contribution in [3.05, 3.63) is 40.7 Å². The van der Waals surface area contributed by atoms with Gasteiger partial charge in [0.05, 0.1) is 11.3 Å². The number of hydrogen-bond donors (Lipinski definition) is 4. The van der Waals surface area contributed by atoms with E-state index in [0.29, 0.717) is 17.0 Å². The molecule has 0 unspecified atom stereocenters. The molecule has 1 amide bonds. The van der Waals surface area contributed by atoms with Crippen LogP contribution in [0.1, 0.15) is 35.4 Å². The number of amides is 1. The Kier molecular flexibility index (Phi) is 2.76. The van der Waals surface area contributed by atoms with E-state index < -0.39 is 0 Å². The fourth-order valence-electron chi connectivity index (χ4n) is 3.29. The van der Waals surface area contributed by atoms with Gasteiger partial charge in [0.15, 0.2) is 0 Å². The number of nitrogen functional groups attached to an aromatic ring is 1. The second-order valence-corrected chi connectivity index (χ2v) is 5.87. The third-order valence-electron chi connectivity index (χ3n) is 4.41. The van der Waals surface area contributed by atoms with Crippen molar-refractivity contribution < 1.29 is 9.90 Å². The third kappa shape index (κ3) is 1.89. The predicted octanol–water partition coefficient (Wildman–Crippen LogP) is 2.67. The Morgan fingerprint density at radius 1 is 1.23 bits per heavy atom. The molecule has 0 fully saturated rings. The molecule has 5 heteroatoms. The summed E-state index contributed by atoms with van der Waals surface area (Å²) in [4.78, 5) is 15.4. The van der Waals surface area contributed by atoms with Crippen molar-refractivity contribution in [2.75, 3.05) is 11.1 Å². The normalized spacial score (nSPS) is 18.2. The molecule has 0 saturated carbocycles. The molecule has 2 aromatic rings. The molecule has 2 aliphatic rings. The second kappa shape index (κ2) is 4.66. The summed E-state index contributed by atoms with van der Waals surface area (Å²) in [6, 6.07) is 5.33. The summed E-state index contributed by atoms with van der Waals surface area (Å²) >= 11 is 0. The zero-order valence-electron chi connectivity index (χ0n) is 12.1. The topological polar surface area (TPSA) is 91.1 Å². The SMILES string of the molecule is Nc1ccc2c(c1)C(=Cc1[nH]c3c(c1O)CCCC3)C(=O)N2. The number of benzene rings is 1. The van der Waals surface area contributed by atoms with Crippen LogP contribution in [0.2, 0.25) is 0 Å². The van der Waals surface area contributed by atoms with Crippen LogP contribution in [-0.4, -0.2) is 16.0 Å². The first-order valence-electron chi connectivity index (χ1n) is 7.49. The number of aromatic nitrogens is 1. The van der Waals surface area contributed by atoms with Crippen molar-refractivity contribution in [3.8, 4) is 5.75 Å². The first-order valence-corrected chi connectivity index (χ1v) is 7.49.